The van der Waals surface area contributed by atoms with Crippen molar-refractivity contribution >= 4 is 17.5 Å². The molecule has 0 radical (unpaired) electrons. The third kappa shape index (κ3) is 5.52. The molecular weight excluding hydrogens is 418 g/mol. The molecule has 0 aromatic heterocycles. The topological polar surface area (TPSA) is 62.3 Å². The molecule has 0 N–H and O–H groups in total. The number of carbonyl (C=O) groups is 2. The fraction of sp³-hybridized carbons (Fsp3) is 0.692. The van der Waals surface area contributed by atoms with Gasteiger partial charge in [0, 0.05) is 45.8 Å². The summed E-state index contributed by atoms with van der Waals surface area (Å²) in [7, 11) is 3.31. The Kier molecular flexibility index (Phi) is 8.25. The molecule has 2 amide bonds. The van der Waals surface area contributed by atoms with Gasteiger partial charge in [0.2, 0.25) is 11.8 Å². The highest BCUT2D eigenvalue weighted by Crippen LogP contribution is 2.35. The number of fused-ring (bicyclic) bond motifs is 1. The van der Waals surface area contributed by atoms with Crippen molar-refractivity contribution in [3.05, 3.63) is 24.3 Å². The molecule has 0 saturated carbocycles. The van der Waals surface area contributed by atoms with E-state index >= 15 is 0 Å². The van der Waals surface area contributed by atoms with Crippen molar-refractivity contribution in [2.75, 3.05) is 58.5 Å². The fourth-order valence-electron chi connectivity index (χ4n) is 5.98. The number of benzene rings is 1. The van der Waals surface area contributed by atoms with Crippen LogP contribution in [0.2, 0.25) is 0 Å². The number of para-hydroxylation sites is 2. The highest BCUT2D eigenvalue weighted by atomic mass is 16.5. The van der Waals surface area contributed by atoms with E-state index in [9.17, 15) is 9.59 Å². The second-order valence-electron chi connectivity index (χ2n) is 9.71. The molecule has 3 saturated heterocycles. The van der Waals surface area contributed by atoms with Crippen LogP contribution in [0, 0.1) is 11.8 Å². The van der Waals surface area contributed by atoms with E-state index in [1.807, 2.05) is 29.2 Å². The molecule has 0 spiro atoms. The van der Waals surface area contributed by atoms with E-state index in [0.29, 0.717) is 37.4 Å². The molecule has 4 rings (SSSR count). The van der Waals surface area contributed by atoms with Crippen LogP contribution in [0.3, 0.4) is 0 Å². The van der Waals surface area contributed by atoms with Gasteiger partial charge in [0.25, 0.3) is 0 Å². The van der Waals surface area contributed by atoms with Crippen LogP contribution in [-0.2, 0) is 14.3 Å². The molecule has 7 nitrogen and oxygen atoms in total. The lowest BCUT2D eigenvalue weighted by atomic mass is 9.83. The second-order valence-corrected chi connectivity index (χ2v) is 9.71. The number of rotatable bonds is 9. The average molecular weight is 458 g/mol. The molecule has 3 aliphatic rings. The molecule has 0 aliphatic carbocycles. The minimum atomic E-state index is -0.309. The third-order valence-corrected chi connectivity index (χ3v) is 7.62. The van der Waals surface area contributed by atoms with E-state index in [-0.39, 0.29) is 24.2 Å². The van der Waals surface area contributed by atoms with Crippen molar-refractivity contribution in [2.24, 2.45) is 11.8 Å². The summed E-state index contributed by atoms with van der Waals surface area (Å²) in [4.78, 5) is 33.0. The molecule has 3 atom stereocenters. The van der Waals surface area contributed by atoms with Gasteiger partial charge in [-0.15, -0.1) is 0 Å². The zero-order valence-corrected chi connectivity index (χ0v) is 20.2. The minimum absolute atomic E-state index is 0.00851. The number of amides is 2. The predicted octanol–water partition coefficient (Wildman–Crippen LogP) is 3.18. The van der Waals surface area contributed by atoms with Gasteiger partial charge in [0.1, 0.15) is 5.75 Å². The summed E-state index contributed by atoms with van der Waals surface area (Å²) in [5.41, 5.74) is 0.747. The maximum Gasteiger partial charge on any atom is 0.228 e. The lowest BCUT2D eigenvalue weighted by molar-refractivity contribution is -0.137. The average Bonchev–Trinajstić information content (AvgIpc) is 3.24. The van der Waals surface area contributed by atoms with Crippen LogP contribution in [-0.4, -0.2) is 81.2 Å². The monoisotopic (exact) mass is 457 g/mol. The first-order valence-corrected chi connectivity index (χ1v) is 12.6. The van der Waals surface area contributed by atoms with Gasteiger partial charge in [-0.1, -0.05) is 18.6 Å². The Bertz CT molecular complexity index is 814. The number of nitrogens with zero attached hydrogens (tertiary/aromatic N) is 3. The molecule has 0 bridgehead atoms. The van der Waals surface area contributed by atoms with Crippen molar-refractivity contribution in [3.63, 3.8) is 0 Å². The Labute approximate surface area is 198 Å². The summed E-state index contributed by atoms with van der Waals surface area (Å²) < 4.78 is 10.7. The SMILES string of the molecule is COCCCN(C[C@@H]1CCCN2CCCC[C@@H]12)C(=O)[C@H]1CC(=O)N(c2ccccc2OC)C1. The molecule has 182 valence electrons. The largest absolute Gasteiger partial charge is 0.495 e. The van der Waals surface area contributed by atoms with E-state index in [1.165, 1.54) is 45.2 Å². The molecule has 3 aliphatic heterocycles. The van der Waals surface area contributed by atoms with Gasteiger partial charge in [-0.25, -0.2) is 0 Å². The van der Waals surface area contributed by atoms with Crippen LogP contribution in [0.25, 0.3) is 0 Å². The van der Waals surface area contributed by atoms with E-state index in [1.54, 1.807) is 19.1 Å². The lowest BCUT2D eigenvalue weighted by Crippen LogP contribution is -2.52. The van der Waals surface area contributed by atoms with E-state index in [0.717, 1.165) is 18.7 Å². The Morgan fingerprint density at radius 2 is 1.94 bits per heavy atom. The van der Waals surface area contributed by atoms with Crippen molar-refractivity contribution in [2.45, 2.75) is 51.0 Å². The molecule has 0 unspecified atom stereocenters. The summed E-state index contributed by atoms with van der Waals surface area (Å²) in [5.74, 6) is 0.982. The quantitative estimate of drug-likeness (QED) is 0.533. The summed E-state index contributed by atoms with van der Waals surface area (Å²) in [5, 5.41) is 0. The lowest BCUT2D eigenvalue weighted by Gasteiger charge is -2.46. The number of piperidine rings is 2. The van der Waals surface area contributed by atoms with Crippen molar-refractivity contribution < 1.29 is 19.1 Å². The zero-order valence-electron chi connectivity index (χ0n) is 20.2. The minimum Gasteiger partial charge on any atom is -0.495 e. The summed E-state index contributed by atoms with van der Waals surface area (Å²) >= 11 is 0. The van der Waals surface area contributed by atoms with Gasteiger partial charge in [0.05, 0.1) is 18.7 Å². The number of hydrogen-bond donors (Lipinski definition) is 0. The molecule has 33 heavy (non-hydrogen) atoms. The first-order chi connectivity index (χ1) is 16.1. The molecule has 3 fully saturated rings. The van der Waals surface area contributed by atoms with Gasteiger partial charge in [-0.3, -0.25) is 9.59 Å². The van der Waals surface area contributed by atoms with Gasteiger partial charge in [-0.2, -0.15) is 0 Å². The Hall–Kier alpha value is -2.12. The van der Waals surface area contributed by atoms with E-state index in [2.05, 4.69) is 4.90 Å². The fourth-order valence-corrected chi connectivity index (χ4v) is 5.98. The van der Waals surface area contributed by atoms with Crippen LogP contribution < -0.4 is 9.64 Å². The maximum atomic E-state index is 13.7. The first kappa shape index (κ1) is 24.0. The van der Waals surface area contributed by atoms with Crippen LogP contribution in [0.15, 0.2) is 24.3 Å². The summed E-state index contributed by atoms with van der Waals surface area (Å²) in [6.45, 7) is 4.94. The van der Waals surface area contributed by atoms with Crippen molar-refractivity contribution in [1.29, 1.82) is 0 Å². The summed E-state index contributed by atoms with van der Waals surface area (Å²) in [6.07, 6.45) is 7.31. The molecule has 7 heteroatoms. The Balaban J connectivity index is 1.46. The van der Waals surface area contributed by atoms with Gasteiger partial charge in [-0.05, 0) is 63.2 Å². The maximum absolute atomic E-state index is 13.7. The number of carbonyl (C=O) groups excluding carboxylic acids is 2. The number of anilines is 1. The van der Waals surface area contributed by atoms with E-state index in [4.69, 9.17) is 9.47 Å². The Morgan fingerprint density at radius 3 is 2.76 bits per heavy atom. The number of methoxy groups -OCH3 is 2. The number of hydrogen-bond acceptors (Lipinski definition) is 5. The molecule has 1 aromatic rings. The van der Waals surface area contributed by atoms with E-state index < -0.39 is 0 Å². The van der Waals surface area contributed by atoms with Crippen molar-refractivity contribution in [1.82, 2.24) is 9.80 Å². The van der Waals surface area contributed by atoms with Crippen molar-refractivity contribution in [3.8, 4) is 5.75 Å². The van der Waals surface area contributed by atoms with Crippen LogP contribution >= 0.6 is 0 Å². The van der Waals surface area contributed by atoms with Crippen LogP contribution in [0.1, 0.15) is 44.9 Å². The van der Waals surface area contributed by atoms with Gasteiger partial charge in [0.15, 0.2) is 0 Å². The normalized spacial score (nSPS) is 25.7. The third-order valence-electron chi connectivity index (χ3n) is 7.62. The Morgan fingerprint density at radius 1 is 1.12 bits per heavy atom. The molecular formula is C26H39N3O4. The van der Waals surface area contributed by atoms with Crippen LogP contribution in [0.4, 0.5) is 5.69 Å². The van der Waals surface area contributed by atoms with Gasteiger partial charge < -0.3 is 24.2 Å². The number of ether oxygens (including phenoxy) is 2. The molecule has 3 heterocycles. The summed E-state index contributed by atoms with van der Waals surface area (Å²) in [6, 6.07) is 8.13. The molecule has 1 aromatic carbocycles. The predicted molar refractivity (Wildman–Crippen MR) is 128 cm³/mol. The first-order valence-electron chi connectivity index (χ1n) is 12.6. The highest BCUT2D eigenvalue weighted by molar-refractivity contribution is 6.01. The smallest absolute Gasteiger partial charge is 0.228 e. The second kappa shape index (κ2) is 11.3. The zero-order chi connectivity index (χ0) is 23.2. The highest BCUT2D eigenvalue weighted by Gasteiger charge is 2.40. The standard InChI is InChI=1S/C26H39N3O4/c1-32-16-8-15-28(18-20-9-7-14-27-13-6-5-10-22(20)27)26(31)21-17-25(30)29(19-21)23-11-3-4-12-24(23)33-2/h3-4,11-12,20-22H,5-10,13-19H2,1-2H3/t20-,21-,22-/m0/s1. The van der Waals surface area contributed by atoms with Crippen LogP contribution in [0.5, 0.6) is 5.75 Å². The van der Waals surface area contributed by atoms with Gasteiger partial charge >= 0.3 is 0 Å².